The fraction of sp³-hybridized carbons (Fsp3) is 0.543. The second kappa shape index (κ2) is 38.9. The topological polar surface area (TPSA) is 232 Å². The Labute approximate surface area is 363 Å². The lowest BCUT2D eigenvalue weighted by atomic mass is 10.1. The first-order valence-corrected chi connectivity index (χ1v) is 22.7. The third-order valence-corrected chi connectivity index (χ3v) is 9.31. The highest BCUT2D eigenvalue weighted by atomic mass is 31.2. The maximum absolute atomic E-state index is 12.6. The van der Waals surface area contributed by atoms with Gasteiger partial charge in [-0.3, -0.25) is 23.4 Å². The fourth-order valence-electron chi connectivity index (χ4n) is 4.92. The zero-order valence-electron chi connectivity index (χ0n) is 36.0. The lowest BCUT2D eigenvalue weighted by Gasteiger charge is -2.20. The number of carbonyl (C=O) groups is 3. The maximum atomic E-state index is 12.6. The summed E-state index contributed by atoms with van der Waals surface area (Å²) in [7, 11) is -4.82. The number of aliphatic hydroxyl groups excluding tert-OH is 3. The molecule has 0 amide bonds. The molecule has 0 aromatic rings. The van der Waals surface area contributed by atoms with E-state index in [0.717, 1.165) is 57.8 Å². The van der Waals surface area contributed by atoms with Gasteiger partial charge in [0, 0.05) is 12.8 Å². The lowest BCUT2D eigenvalue weighted by Crippen LogP contribution is -2.34. The Balaban J connectivity index is 4.77. The molecule has 0 aliphatic carbocycles. The Bertz CT molecular complexity index is 1500. The molecule has 1 unspecified atom stereocenters. The number of carbonyl (C=O) groups excluding carboxylic acids is 2. The van der Waals surface area contributed by atoms with Gasteiger partial charge in [0.25, 0.3) is 0 Å². The summed E-state index contributed by atoms with van der Waals surface area (Å²) in [5, 5.41) is 39.3. The minimum absolute atomic E-state index is 0.0517. The monoisotopic (exact) mass is 877 g/mol. The molecule has 14 nitrogen and oxygen atoms in total. The van der Waals surface area contributed by atoms with Crippen molar-refractivity contribution >= 4 is 25.7 Å². The summed E-state index contributed by atoms with van der Waals surface area (Å²) in [6.45, 7) is 2.09. The Morgan fingerprint density at radius 2 is 1.18 bits per heavy atom. The van der Waals surface area contributed by atoms with E-state index in [0.29, 0.717) is 12.8 Å². The molecule has 344 valence electrons. The first kappa shape index (κ1) is 57.0. The van der Waals surface area contributed by atoms with Crippen LogP contribution in [0.5, 0.6) is 0 Å². The van der Waals surface area contributed by atoms with Crippen molar-refractivity contribution in [1.29, 1.82) is 0 Å². The normalized spacial score (nSPS) is 16.3. The summed E-state index contributed by atoms with van der Waals surface area (Å²) in [5.41, 5.74) is 5.31. The molecule has 0 bridgehead atoms. The van der Waals surface area contributed by atoms with Crippen molar-refractivity contribution in [3.8, 4) is 0 Å². The Morgan fingerprint density at radius 1 is 0.639 bits per heavy atom. The van der Waals surface area contributed by atoms with Crippen LogP contribution >= 0.6 is 7.82 Å². The summed E-state index contributed by atoms with van der Waals surface area (Å²) in [6.07, 6.45) is 39.6. The summed E-state index contributed by atoms with van der Waals surface area (Å²) in [6, 6.07) is -1.58. The number of unbranched alkanes of at least 4 members (excludes halogenated alkanes) is 4. The maximum Gasteiger partial charge on any atom is 0.472 e. The standard InChI is InChI=1S/C46H72NO13P/c1-3-5-7-8-9-10-11-12-13-14-15-16-17-18-19-24-28-34-45(52)60-40(37-58-61(55,56)59-38-41(47)46(53)54)36-57-44(51)35-29-33-43(50)42(49)32-27-23-21-20-22-26-31-39(48)30-25-6-4-2/h5-7,9-10,12-13,15-16,20-23,25-27,31-32,39-43,48-50H,3-4,8,11,14,17-19,24,28-30,33-38,47H2,1-2H3,(H,53,54)(H,55,56)/b7-5-,10-9-,13-12-,16-15-,22-20+,23-21-,25-6-,31-26+,32-27-/t39-,40-,41+,42+,43+/m1/s1. The number of hydrogen-bond acceptors (Lipinski definition) is 12. The highest BCUT2D eigenvalue weighted by Crippen LogP contribution is 2.43. The number of esters is 2. The number of aliphatic hydroxyl groups is 3. The summed E-state index contributed by atoms with van der Waals surface area (Å²) >= 11 is 0. The van der Waals surface area contributed by atoms with Gasteiger partial charge in [-0.15, -0.1) is 0 Å². The van der Waals surface area contributed by atoms with Crippen molar-refractivity contribution in [2.75, 3.05) is 19.8 Å². The van der Waals surface area contributed by atoms with Gasteiger partial charge in [-0.05, 0) is 70.6 Å². The zero-order chi connectivity index (χ0) is 45.4. The molecule has 0 aromatic heterocycles. The third kappa shape index (κ3) is 37.5. The van der Waals surface area contributed by atoms with Crippen molar-refractivity contribution in [2.45, 2.75) is 141 Å². The highest BCUT2D eigenvalue weighted by molar-refractivity contribution is 7.47. The van der Waals surface area contributed by atoms with Crippen molar-refractivity contribution in [3.63, 3.8) is 0 Å². The average Bonchev–Trinajstić information content (AvgIpc) is 3.22. The Morgan fingerprint density at radius 3 is 1.82 bits per heavy atom. The molecule has 0 aliphatic heterocycles. The molecule has 7 N–H and O–H groups in total. The zero-order valence-corrected chi connectivity index (χ0v) is 36.9. The molecular weight excluding hydrogens is 805 g/mol. The minimum atomic E-state index is -4.82. The van der Waals surface area contributed by atoms with E-state index in [9.17, 15) is 39.2 Å². The van der Waals surface area contributed by atoms with Gasteiger partial charge in [0.05, 0.1) is 31.5 Å². The molecule has 0 spiro atoms. The van der Waals surface area contributed by atoms with Crippen LogP contribution in [-0.4, -0.2) is 93.5 Å². The first-order valence-electron chi connectivity index (χ1n) is 21.2. The van der Waals surface area contributed by atoms with E-state index in [-0.39, 0.29) is 25.7 Å². The van der Waals surface area contributed by atoms with Gasteiger partial charge in [0.1, 0.15) is 12.6 Å². The summed E-state index contributed by atoms with van der Waals surface area (Å²) in [4.78, 5) is 46.0. The van der Waals surface area contributed by atoms with Gasteiger partial charge in [-0.2, -0.15) is 0 Å². The number of aliphatic carboxylic acids is 1. The lowest BCUT2D eigenvalue weighted by molar-refractivity contribution is -0.161. The van der Waals surface area contributed by atoms with E-state index in [4.69, 9.17) is 24.8 Å². The van der Waals surface area contributed by atoms with Gasteiger partial charge in [0.2, 0.25) is 0 Å². The molecule has 0 radical (unpaired) electrons. The average molecular weight is 878 g/mol. The van der Waals surface area contributed by atoms with Gasteiger partial charge in [-0.1, -0.05) is 136 Å². The first-order chi connectivity index (χ1) is 29.3. The van der Waals surface area contributed by atoms with E-state index in [1.54, 1.807) is 42.5 Å². The predicted octanol–water partition coefficient (Wildman–Crippen LogP) is 7.97. The van der Waals surface area contributed by atoms with Crippen LogP contribution < -0.4 is 5.73 Å². The third-order valence-electron chi connectivity index (χ3n) is 8.36. The Kier molecular flexibility index (Phi) is 36.4. The van der Waals surface area contributed by atoms with Gasteiger partial charge in [-0.25, -0.2) is 4.57 Å². The second-order valence-electron chi connectivity index (χ2n) is 13.9. The van der Waals surface area contributed by atoms with Crippen molar-refractivity contribution in [1.82, 2.24) is 0 Å². The quantitative estimate of drug-likeness (QED) is 0.0114. The number of carboxylic acid groups (broad SMARTS) is 1. The van der Waals surface area contributed by atoms with E-state index in [1.807, 2.05) is 19.1 Å². The van der Waals surface area contributed by atoms with Crippen LogP contribution in [0.15, 0.2) is 109 Å². The van der Waals surface area contributed by atoms with Crippen molar-refractivity contribution in [3.05, 3.63) is 109 Å². The number of hydrogen-bond donors (Lipinski definition) is 6. The number of nitrogens with two attached hydrogens (primary N) is 1. The number of allylic oxidation sites excluding steroid dienone is 15. The summed E-state index contributed by atoms with van der Waals surface area (Å²) < 4.78 is 32.4. The number of carboxylic acids is 1. The molecule has 0 aliphatic rings. The second-order valence-corrected chi connectivity index (χ2v) is 15.4. The van der Waals surface area contributed by atoms with Crippen LogP contribution in [0.3, 0.4) is 0 Å². The van der Waals surface area contributed by atoms with Gasteiger partial charge < -0.3 is 40.5 Å². The number of ether oxygens (including phenoxy) is 2. The molecule has 0 heterocycles. The highest BCUT2D eigenvalue weighted by Gasteiger charge is 2.28. The van der Waals surface area contributed by atoms with Crippen LogP contribution in [0.1, 0.15) is 110 Å². The largest absolute Gasteiger partial charge is 0.480 e. The van der Waals surface area contributed by atoms with Gasteiger partial charge >= 0.3 is 25.7 Å². The van der Waals surface area contributed by atoms with Gasteiger partial charge in [0.15, 0.2) is 6.10 Å². The number of rotatable bonds is 37. The van der Waals surface area contributed by atoms with Crippen LogP contribution in [-0.2, 0) is 37.5 Å². The van der Waals surface area contributed by atoms with Crippen LogP contribution in [0, 0.1) is 0 Å². The van der Waals surface area contributed by atoms with E-state index < -0.39 is 76.0 Å². The molecule has 0 rings (SSSR count). The molecule has 0 aromatic carbocycles. The van der Waals surface area contributed by atoms with Crippen molar-refractivity contribution in [2.24, 2.45) is 5.73 Å². The van der Waals surface area contributed by atoms with E-state index >= 15 is 0 Å². The summed E-state index contributed by atoms with van der Waals surface area (Å²) in [5.74, 6) is -2.80. The molecular formula is C46H72NO13P. The smallest absolute Gasteiger partial charge is 0.472 e. The number of phosphoric acid groups is 1. The predicted molar refractivity (Wildman–Crippen MR) is 239 cm³/mol. The van der Waals surface area contributed by atoms with E-state index in [1.165, 1.54) is 6.08 Å². The molecule has 15 heteroatoms. The molecule has 61 heavy (non-hydrogen) atoms. The molecule has 0 saturated carbocycles. The fourth-order valence-corrected chi connectivity index (χ4v) is 5.70. The minimum Gasteiger partial charge on any atom is -0.480 e. The van der Waals surface area contributed by atoms with E-state index in [2.05, 4.69) is 60.1 Å². The van der Waals surface area contributed by atoms with Crippen LogP contribution in [0.4, 0.5) is 0 Å². The van der Waals surface area contributed by atoms with Crippen molar-refractivity contribution < 1.29 is 62.8 Å². The Hall–Kier alpha value is -3.98. The number of phosphoric ester groups is 1. The SMILES string of the molecule is CC/C=C\C/C=C\C/C=C\C/C=C\CCCCCCC(=O)O[C@H](COC(=O)CCC[C@H](O)[C@@H](O)\C=C/C=C\C=C\C=C\[C@H](O)C/C=C\CC)COP(=O)(O)OC[C@H](N)C(=O)O. The molecule has 0 saturated heterocycles. The molecule has 0 fully saturated rings. The van der Waals surface area contributed by atoms with Crippen LogP contribution in [0.25, 0.3) is 0 Å². The molecule has 6 atom stereocenters. The van der Waals surface area contributed by atoms with Crippen LogP contribution in [0.2, 0.25) is 0 Å².